The van der Waals surface area contributed by atoms with E-state index in [0.717, 1.165) is 42.6 Å². The summed E-state index contributed by atoms with van der Waals surface area (Å²) in [6.45, 7) is 4.20. The minimum Gasteiger partial charge on any atom is -0.381 e. The van der Waals surface area contributed by atoms with Crippen LogP contribution in [0.1, 0.15) is 24.3 Å². The molecule has 0 aliphatic carbocycles. The van der Waals surface area contributed by atoms with Crippen LogP contribution in [-0.4, -0.2) is 26.3 Å². The summed E-state index contributed by atoms with van der Waals surface area (Å²) >= 11 is 3.52. The Kier molecular flexibility index (Phi) is 4.02. The molecule has 98 valence electrons. The quantitative estimate of drug-likeness (QED) is 0.906. The topological polar surface area (TPSA) is 21.3 Å². The minimum atomic E-state index is 0.651. The molecule has 18 heavy (non-hydrogen) atoms. The molecule has 1 N–H and O–H groups in total. The third-order valence-electron chi connectivity index (χ3n) is 4.40. The molecule has 0 radical (unpaired) electrons. The van der Waals surface area contributed by atoms with Crippen LogP contribution < -0.4 is 5.32 Å². The summed E-state index contributed by atoms with van der Waals surface area (Å²) in [5.41, 5.74) is 1.47. The molecule has 0 amide bonds. The number of nitrogens with one attached hydrogen (secondary N) is 1. The van der Waals surface area contributed by atoms with Gasteiger partial charge in [0.15, 0.2) is 0 Å². The first kappa shape index (κ1) is 12.6. The van der Waals surface area contributed by atoms with Gasteiger partial charge in [0.25, 0.3) is 0 Å². The predicted octanol–water partition coefficient (Wildman–Crippen LogP) is 3.18. The van der Waals surface area contributed by atoms with Gasteiger partial charge in [0.05, 0.1) is 0 Å². The van der Waals surface area contributed by atoms with Crippen molar-refractivity contribution >= 4 is 15.9 Å². The Bertz CT molecular complexity index is 386. The zero-order valence-electron chi connectivity index (χ0n) is 10.6. The summed E-state index contributed by atoms with van der Waals surface area (Å²) in [5, 5.41) is 3.55. The molecule has 2 saturated heterocycles. The second-order valence-electron chi connectivity index (χ2n) is 5.44. The summed E-state index contributed by atoms with van der Waals surface area (Å²) in [7, 11) is 0. The third-order valence-corrected chi connectivity index (χ3v) is 4.93. The molecule has 2 fully saturated rings. The average molecular weight is 310 g/mol. The van der Waals surface area contributed by atoms with E-state index in [9.17, 15) is 0 Å². The van der Waals surface area contributed by atoms with Crippen LogP contribution in [0.3, 0.4) is 0 Å². The van der Waals surface area contributed by atoms with Gasteiger partial charge >= 0.3 is 0 Å². The van der Waals surface area contributed by atoms with Crippen LogP contribution in [0.5, 0.6) is 0 Å². The van der Waals surface area contributed by atoms with Crippen LogP contribution in [0.25, 0.3) is 0 Å². The Hall–Kier alpha value is -0.380. The van der Waals surface area contributed by atoms with Crippen molar-refractivity contribution in [1.29, 1.82) is 0 Å². The van der Waals surface area contributed by atoms with Gasteiger partial charge in [0, 0.05) is 24.2 Å². The lowest BCUT2D eigenvalue weighted by Crippen LogP contribution is -2.38. The monoisotopic (exact) mass is 309 g/mol. The van der Waals surface area contributed by atoms with E-state index in [1.807, 2.05) is 0 Å². The van der Waals surface area contributed by atoms with E-state index in [2.05, 4.69) is 45.5 Å². The number of ether oxygens (including phenoxy) is 1. The number of hydrogen-bond acceptors (Lipinski definition) is 2. The number of halogens is 1. The van der Waals surface area contributed by atoms with E-state index in [1.54, 1.807) is 0 Å². The van der Waals surface area contributed by atoms with Gasteiger partial charge < -0.3 is 10.1 Å². The Morgan fingerprint density at radius 2 is 2.00 bits per heavy atom. The molecular formula is C15H20BrNO. The highest BCUT2D eigenvalue weighted by atomic mass is 79.9. The van der Waals surface area contributed by atoms with Gasteiger partial charge in [-0.1, -0.05) is 28.1 Å². The first-order valence-electron chi connectivity index (χ1n) is 6.88. The van der Waals surface area contributed by atoms with E-state index in [-0.39, 0.29) is 0 Å². The van der Waals surface area contributed by atoms with Crippen molar-refractivity contribution in [2.45, 2.75) is 18.8 Å². The molecular weight excluding hydrogens is 290 g/mol. The predicted molar refractivity (Wildman–Crippen MR) is 76.8 cm³/mol. The fraction of sp³-hybridized carbons (Fsp3) is 0.600. The molecule has 3 heteroatoms. The molecule has 2 aliphatic rings. The fourth-order valence-electron chi connectivity index (χ4n) is 3.41. The Labute approximate surface area is 117 Å². The first-order chi connectivity index (χ1) is 8.84. The van der Waals surface area contributed by atoms with Crippen LogP contribution in [0.4, 0.5) is 0 Å². The maximum atomic E-state index is 5.59. The third kappa shape index (κ3) is 2.63. The van der Waals surface area contributed by atoms with Gasteiger partial charge in [0.2, 0.25) is 0 Å². The van der Waals surface area contributed by atoms with Crippen LogP contribution in [-0.2, 0) is 4.74 Å². The first-order valence-corrected chi connectivity index (χ1v) is 7.68. The molecule has 2 aliphatic heterocycles. The summed E-state index contributed by atoms with van der Waals surface area (Å²) in [6.07, 6.45) is 2.53. The lowest BCUT2D eigenvalue weighted by molar-refractivity contribution is 0.154. The van der Waals surface area contributed by atoms with Crippen molar-refractivity contribution in [2.75, 3.05) is 26.3 Å². The van der Waals surface area contributed by atoms with Gasteiger partial charge in [-0.05, 0) is 54.8 Å². The van der Waals surface area contributed by atoms with Gasteiger partial charge in [-0.2, -0.15) is 0 Å². The van der Waals surface area contributed by atoms with Crippen molar-refractivity contribution in [3.63, 3.8) is 0 Å². The summed E-state index contributed by atoms with van der Waals surface area (Å²) in [5.74, 6) is 2.20. The minimum absolute atomic E-state index is 0.651. The average Bonchev–Trinajstić information content (AvgIpc) is 2.93. The Morgan fingerprint density at radius 1 is 1.17 bits per heavy atom. The van der Waals surface area contributed by atoms with Gasteiger partial charge in [-0.15, -0.1) is 0 Å². The second-order valence-corrected chi connectivity index (χ2v) is 6.35. The highest BCUT2D eigenvalue weighted by Crippen LogP contribution is 2.38. The van der Waals surface area contributed by atoms with E-state index < -0.39 is 0 Å². The van der Waals surface area contributed by atoms with Crippen molar-refractivity contribution in [3.05, 3.63) is 34.3 Å². The van der Waals surface area contributed by atoms with E-state index in [4.69, 9.17) is 4.74 Å². The largest absolute Gasteiger partial charge is 0.381 e. The summed E-state index contributed by atoms with van der Waals surface area (Å²) < 4.78 is 6.75. The molecule has 2 nitrogen and oxygen atoms in total. The van der Waals surface area contributed by atoms with E-state index >= 15 is 0 Å². The molecule has 1 aromatic rings. The van der Waals surface area contributed by atoms with Crippen LogP contribution >= 0.6 is 15.9 Å². The highest BCUT2D eigenvalue weighted by Gasteiger charge is 2.34. The zero-order valence-corrected chi connectivity index (χ0v) is 12.2. The Balaban J connectivity index is 1.80. The molecule has 3 atom stereocenters. The van der Waals surface area contributed by atoms with Crippen molar-refractivity contribution in [1.82, 2.24) is 5.32 Å². The van der Waals surface area contributed by atoms with Gasteiger partial charge in [-0.25, -0.2) is 0 Å². The molecule has 3 rings (SSSR count). The maximum absolute atomic E-state index is 5.59. The second kappa shape index (κ2) is 5.72. The molecule has 0 aromatic heterocycles. The van der Waals surface area contributed by atoms with Crippen LogP contribution in [0.2, 0.25) is 0 Å². The van der Waals surface area contributed by atoms with Gasteiger partial charge in [-0.3, -0.25) is 0 Å². The summed E-state index contributed by atoms with van der Waals surface area (Å²) in [6, 6.07) is 8.85. The van der Waals surface area contributed by atoms with E-state index in [1.165, 1.54) is 18.4 Å². The number of rotatable bonds is 2. The smallest absolute Gasteiger partial charge is 0.0498 e. The molecule has 1 aromatic carbocycles. The lowest BCUT2D eigenvalue weighted by Gasteiger charge is -2.36. The maximum Gasteiger partial charge on any atom is 0.0498 e. The SMILES string of the molecule is Brc1ccc(C2CNCCC2C2CCOC2)cc1. The van der Waals surface area contributed by atoms with Gasteiger partial charge in [0.1, 0.15) is 0 Å². The van der Waals surface area contributed by atoms with Crippen molar-refractivity contribution in [2.24, 2.45) is 11.8 Å². The zero-order chi connectivity index (χ0) is 12.4. The van der Waals surface area contributed by atoms with Crippen molar-refractivity contribution < 1.29 is 4.74 Å². The number of hydrogen-bond donors (Lipinski definition) is 1. The van der Waals surface area contributed by atoms with E-state index in [0.29, 0.717) is 5.92 Å². The van der Waals surface area contributed by atoms with Crippen LogP contribution in [0.15, 0.2) is 28.7 Å². The molecule has 0 saturated carbocycles. The Morgan fingerprint density at radius 3 is 2.72 bits per heavy atom. The molecule has 0 spiro atoms. The number of benzene rings is 1. The fourth-order valence-corrected chi connectivity index (χ4v) is 3.67. The molecule has 2 heterocycles. The number of piperidine rings is 1. The van der Waals surface area contributed by atoms with Crippen molar-refractivity contribution in [3.8, 4) is 0 Å². The summed E-state index contributed by atoms with van der Waals surface area (Å²) in [4.78, 5) is 0. The van der Waals surface area contributed by atoms with Crippen LogP contribution in [0, 0.1) is 11.8 Å². The molecule has 0 bridgehead atoms. The standard InChI is InChI=1S/C15H20BrNO/c16-13-3-1-11(2-4-13)15-9-17-7-5-14(15)12-6-8-18-10-12/h1-4,12,14-15,17H,5-10H2. The lowest BCUT2D eigenvalue weighted by atomic mass is 9.74. The molecule has 3 unspecified atom stereocenters. The normalized spacial score (nSPS) is 32.6. The highest BCUT2D eigenvalue weighted by molar-refractivity contribution is 9.10.